The molecule has 0 saturated heterocycles. The van der Waals surface area contributed by atoms with Gasteiger partial charge in [-0.25, -0.2) is 0 Å². The Morgan fingerprint density at radius 3 is 2.43 bits per heavy atom. The SMILES string of the molecule is CC(N[C@H]1CCC[C@@H]1O)C1CC1(C)C. The van der Waals surface area contributed by atoms with E-state index >= 15 is 0 Å². The molecule has 0 aromatic carbocycles. The third-order valence-electron chi connectivity index (χ3n) is 4.15. The van der Waals surface area contributed by atoms with E-state index in [0.29, 0.717) is 17.5 Å². The maximum Gasteiger partial charge on any atom is 0.0693 e. The molecule has 2 rings (SSSR count). The lowest BCUT2D eigenvalue weighted by atomic mass is 10.0. The summed E-state index contributed by atoms with van der Waals surface area (Å²) in [7, 11) is 0. The molecule has 0 spiro atoms. The molecular weight excluding hydrogens is 174 g/mol. The summed E-state index contributed by atoms with van der Waals surface area (Å²) in [6.45, 7) is 6.94. The Bertz CT molecular complexity index is 214. The molecule has 2 nitrogen and oxygen atoms in total. The fraction of sp³-hybridized carbons (Fsp3) is 1.00. The van der Waals surface area contributed by atoms with Crippen LogP contribution >= 0.6 is 0 Å². The van der Waals surface area contributed by atoms with Gasteiger partial charge in [-0.05, 0) is 43.9 Å². The van der Waals surface area contributed by atoms with Gasteiger partial charge in [0.05, 0.1) is 6.10 Å². The molecule has 2 aliphatic rings. The monoisotopic (exact) mass is 197 g/mol. The van der Waals surface area contributed by atoms with Crippen molar-refractivity contribution in [2.24, 2.45) is 11.3 Å². The maximum absolute atomic E-state index is 9.71. The van der Waals surface area contributed by atoms with Crippen molar-refractivity contribution in [1.82, 2.24) is 5.32 Å². The quantitative estimate of drug-likeness (QED) is 0.724. The van der Waals surface area contributed by atoms with Gasteiger partial charge in [-0.3, -0.25) is 0 Å². The van der Waals surface area contributed by atoms with Crippen LogP contribution in [0.15, 0.2) is 0 Å². The number of rotatable bonds is 3. The van der Waals surface area contributed by atoms with Crippen molar-refractivity contribution >= 4 is 0 Å². The summed E-state index contributed by atoms with van der Waals surface area (Å²) in [6, 6.07) is 0.934. The zero-order valence-corrected chi connectivity index (χ0v) is 9.59. The Hall–Kier alpha value is -0.0800. The molecule has 0 amide bonds. The highest BCUT2D eigenvalue weighted by Crippen LogP contribution is 2.53. The molecule has 4 atom stereocenters. The largest absolute Gasteiger partial charge is 0.392 e. The van der Waals surface area contributed by atoms with Crippen LogP contribution in [0.25, 0.3) is 0 Å². The van der Waals surface area contributed by atoms with Crippen LogP contribution in [-0.4, -0.2) is 23.3 Å². The Morgan fingerprint density at radius 1 is 1.36 bits per heavy atom. The average molecular weight is 197 g/mol. The Balaban J connectivity index is 1.80. The zero-order valence-electron chi connectivity index (χ0n) is 9.59. The lowest BCUT2D eigenvalue weighted by Gasteiger charge is -2.23. The highest BCUT2D eigenvalue weighted by molar-refractivity contribution is 5.01. The molecule has 0 radical (unpaired) electrons. The van der Waals surface area contributed by atoms with E-state index in [1.54, 1.807) is 0 Å². The second-order valence-corrected chi connectivity index (χ2v) is 5.86. The van der Waals surface area contributed by atoms with Crippen molar-refractivity contribution in [2.45, 2.75) is 64.6 Å². The molecule has 82 valence electrons. The lowest BCUT2D eigenvalue weighted by molar-refractivity contribution is 0.141. The van der Waals surface area contributed by atoms with E-state index in [4.69, 9.17) is 0 Å². The molecule has 2 aliphatic carbocycles. The Labute approximate surface area is 87.1 Å². The molecule has 0 aliphatic heterocycles. The van der Waals surface area contributed by atoms with Crippen LogP contribution < -0.4 is 5.32 Å². The highest BCUT2D eigenvalue weighted by atomic mass is 16.3. The predicted octanol–water partition coefficient (Wildman–Crippen LogP) is 1.92. The van der Waals surface area contributed by atoms with Gasteiger partial charge >= 0.3 is 0 Å². The van der Waals surface area contributed by atoms with Gasteiger partial charge in [0.25, 0.3) is 0 Å². The molecule has 0 bridgehead atoms. The molecule has 0 aromatic rings. The van der Waals surface area contributed by atoms with Crippen LogP contribution in [-0.2, 0) is 0 Å². The summed E-state index contributed by atoms with van der Waals surface area (Å²) in [6.07, 6.45) is 4.56. The molecule has 2 heteroatoms. The van der Waals surface area contributed by atoms with Crippen molar-refractivity contribution in [3.8, 4) is 0 Å². The highest BCUT2D eigenvalue weighted by Gasteiger charge is 2.49. The van der Waals surface area contributed by atoms with E-state index in [-0.39, 0.29) is 6.10 Å². The normalized spacial score (nSPS) is 42.4. The van der Waals surface area contributed by atoms with Crippen molar-refractivity contribution in [1.29, 1.82) is 0 Å². The van der Waals surface area contributed by atoms with E-state index in [1.807, 2.05) is 0 Å². The summed E-state index contributed by atoms with van der Waals surface area (Å²) >= 11 is 0. The minimum Gasteiger partial charge on any atom is -0.392 e. The van der Waals surface area contributed by atoms with Crippen molar-refractivity contribution < 1.29 is 5.11 Å². The van der Waals surface area contributed by atoms with Gasteiger partial charge in [0.15, 0.2) is 0 Å². The number of hydrogen-bond acceptors (Lipinski definition) is 2. The topological polar surface area (TPSA) is 32.3 Å². The number of hydrogen-bond donors (Lipinski definition) is 2. The van der Waals surface area contributed by atoms with Crippen LogP contribution in [0.3, 0.4) is 0 Å². The molecular formula is C12H23NO. The fourth-order valence-corrected chi connectivity index (χ4v) is 2.95. The van der Waals surface area contributed by atoms with Gasteiger partial charge in [0, 0.05) is 12.1 Å². The van der Waals surface area contributed by atoms with Gasteiger partial charge in [0.2, 0.25) is 0 Å². The first-order valence-electron chi connectivity index (χ1n) is 5.95. The zero-order chi connectivity index (χ0) is 10.3. The smallest absolute Gasteiger partial charge is 0.0693 e. The first kappa shape index (κ1) is 10.4. The molecule has 2 N–H and O–H groups in total. The van der Waals surface area contributed by atoms with Crippen LogP contribution in [0.1, 0.15) is 46.5 Å². The third-order valence-corrected chi connectivity index (χ3v) is 4.15. The van der Waals surface area contributed by atoms with Gasteiger partial charge in [-0.1, -0.05) is 13.8 Å². The second kappa shape index (κ2) is 3.49. The van der Waals surface area contributed by atoms with Crippen LogP contribution in [0.2, 0.25) is 0 Å². The predicted molar refractivity (Wildman–Crippen MR) is 58.1 cm³/mol. The summed E-state index contributed by atoms with van der Waals surface area (Å²) in [5, 5.41) is 13.3. The molecule has 2 saturated carbocycles. The van der Waals surface area contributed by atoms with Gasteiger partial charge in [-0.2, -0.15) is 0 Å². The van der Waals surface area contributed by atoms with E-state index in [2.05, 4.69) is 26.1 Å². The van der Waals surface area contributed by atoms with Crippen LogP contribution in [0, 0.1) is 11.3 Å². The maximum atomic E-state index is 9.71. The van der Waals surface area contributed by atoms with E-state index in [1.165, 1.54) is 12.8 Å². The van der Waals surface area contributed by atoms with E-state index < -0.39 is 0 Å². The minimum atomic E-state index is -0.0979. The second-order valence-electron chi connectivity index (χ2n) is 5.86. The number of nitrogens with one attached hydrogen (secondary N) is 1. The third kappa shape index (κ3) is 1.96. The Kier molecular flexibility index (Phi) is 2.61. The summed E-state index contributed by atoms with van der Waals surface area (Å²) in [5.41, 5.74) is 0.538. The molecule has 14 heavy (non-hydrogen) atoms. The fourth-order valence-electron chi connectivity index (χ4n) is 2.95. The van der Waals surface area contributed by atoms with Crippen molar-refractivity contribution in [3.63, 3.8) is 0 Å². The van der Waals surface area contributed by atoms with E-state index in [9.17, 15) is 5.11 Å². The number of aliphatic hydroxyl groups excluding tert-OH is 1. The molecule has 2 unspecified atom stereocenters. The number of aliphatic hydroxyl groups is 1. The summed E-state index contributed by atoms with van der Waals surface area (Å²) in [4.78, 5) is 0. The summed E-state index contributed by atoms with van der Waals surface area (Å²) < 4.78 is 0. The van der Waals surface area contributed by atoms with Gasteiger partial charge < -0.3 is 10.4 Å². The lowest BCUT2D eigenvalue weighted by Crippen LogP contribution is -2.42. The van der Waals surface area contributed by atoms with E-state index in [0.717, 1.165) is 18.8 Å². The standard InChI is InChI=1S/C12H23NO/c1-8(9-7-12(9,2)3)13-10-5-4-6-11(10)14/h8-11,13-14H,4-7H2,1-3H3/t8?,9?,10-,11-/m0/s1. The first-order chi connectivity index (χ1) is 6.50. The van der Waals surface area contributed by atoms with Gasteiger partial charge in [0.1, 0.15) is 0 Å². The van der Waals surface area contributed by atoms with Crippen LogP contribution in [0.4, 0.5) is 0 Å². The van der Waals surface area contributed by atoms with Gasteiger partial charge in [-0.15, -0.1) is 0 Å². The van der Waals surface area contributed by atoms with Crippen molar-refractivity contribution in [2.75, 3.05) is 0 Å². The first-order valence-corrected chi connectivity index (χ1v) is 5.95. The minimum absolute atomic E-state index is 0.0979. The molecule has 2 fully saturated rings. The molecule has 0 heterocycles. The van der Waals surface area contributed by atoms with Crippen LogP contribution in [0.5, 0.6) is 0 Å². The van der Waals surface area contributed by atoms with Crippen molar-refractivity contribution in [3.05, 3.63) is 0 Å². The average Bonchev–Trinajstić information content (AvgIpc) is 2.54. The summed E-state index contributed by atoms with van der Waals surface area (Å²) in [5.74, 6) is 0.815. The Morgan fingerprint density at radius 2 is 2.00 bits per heavy atom. The molecule has 0 aromatic heterocycles.